The van der Waals surface area contributed by atoms with Crippen molar-refractivity contribution in [3.05, 3.63) is 72.1 Å². The van der Waals surface area contributed by atoms with Crippen molar-refractivity contribution < 1.29 is 13.2 Å². The smallest absolute Gasteiger partial charge is 0.272 e. The summed E-state index contributed by atoms with van der Waals surface area (Å²) in [7, 11) is -3.25. The lowest BCUT2D eigenvalue weighted by molar-refractivity contribution is 0.0737. The molecule has 1 aromatic heterocycles. The largest absolute Gasteiger partial charge is 0.368 e. The zero-order chi connectivity index (χ0) is 21.3. The molecule has 1 aliphatic heterocycles. The number of amides is 1. The van der Waals surface area contributed by atoms with Crippen LogP contribution in [-0.4, -0.2) is 61.4 Å². The van der Waals surface area contributed by atoms with Crippen LogP contribution in [0.5, 0.6) is 0 Å². The van der Waals surface area contributed by atoms with Crippen LogP contribution in [0.2, 0.25) is 0 Å². The van der Waals surface area contributed by atoms with Crippen LogP contribution >= 0.6 is 0 Å². The quantitative estimate of drug-likeness (QED) is 0.643. The number of hydrogen-bond acceptors (Lipinski definition) is 5. The molecule has 1 amide bonds. The number of hydrogen-bond donors (Lipinski definition) is 0. The molecule has 0 spiro atoms. The van der Waals surface area contributed by atoms with Gasteiger partial charge in [0.15, 0.2) is 9.84 Å². The van der Waals surface area contributed by atoms with Gasteiger partial charge in [0.1, 0.15) is 5.69 Å². The third kappa shape index (κ3) is 4.09. The van der Waals surface area contributed by atoms with Gasteiger partial charge in [-0.25, -0.2) is 13.1 Å². The molecule has 0 saturated carbocycles. The zero-order valence-electron chi connectivity index (χ0n) is 17.0. The number of aromatic nitrogens is 2. The fraction of sp³-hybridized carbons (Fsp3) is 0.273. The Morgan fingerprint density at radius 1 is 0.900 bits per heavy atom. The van der Waals surface area contributed by atoms with E-state index in [2.05, 4.69) is 10.00 Å². The molecule has 2 heterocycles. The number of nitrogens with zero attached hydrogens (tertiary/aromatic N) is 4. The molecule has 0 N–H and O–H groups in total. The van der Waals surface area contributed by atoms with Crippen LogP contribution in [0, 0.1) is 6.92 Å². The molecule has 0 aliphatic carbocycles. The number of aryl methyl sites for hydroxylation is 1. The molecule has 156 valence electrons. The summed E-state index contributed by atoms with van der Waals surface area (Å²) >= 11 is 0. The Hall–Kier alpha value is -3.13. The normalized spacial score (nSPS) is 14.7. The molecule has 1 fully saturated rings. The number of carbonyl (C=O) groups excluding carboxylic acids is 1. The van der Waals surface area contributed by atoms with Crippen LogP contribution in [0.3, 0.4) is 0 Å². The first-order valence-electron chi connectivity index (χ1n) is 9.79. The Labute approximate surface area is 176 Å². The summed E-state index contributed by atoms with van der Waals surface area (Å²) in [5.74, 6) is -0.0519. The minimum Gasteiger partial charge on any atom is -0.368 e. The van der Waals surface area contributed by atoms with E-state index < -0.39 is 9.84 Å². The van der Waals surface area contributed by atoms with E-state index in [-0.39, 0.29) is 5.91 Å². The minimum absolute atomic E-state index is 0.0519. The highest BCUT2D eigenvalue weighted by atomic mass is 32.2. The van der Waals surface area contributed by atoms with Gasteiger partial charge in [-0.2, -0.15) is 5.10 Å². The van der Waals surface area contributed by atoms with Crippen molar-refractivity contribution in [1.29, 1.82) is 0 Å². The van der Waals surface area contributed by atoms with E-state index in [9.17, 15) is 13.2 Å². The van der Waals surface area contributed by atoms with E-state index in [1.165, 1.54) is 6.26 Å². The molecule has 0 radical (unpaired) electrons. The Balaban J connectivity index is 1.50. The van der Waals surface area contributed by atoms with Gasteiger partial charge >= 0.3 is 0 Å². The maximum absolute atomic E-state index is 13.2. The average molecular weight is 425 g/mol. The number of benzene rings is 2. The zero-order valence-corrected chi connectivity index (χ0v) is 17.8. The van der Waals surface area contributed by atoms with Gasteiger partial charge in [0.05, 0.1) is 16.3 Å². The lowest BCUT2D eigenvalue weighted by Crippen LogP contribution is -2.49. The summed E-state index contributed by atoms with van der Waals surface area (Å²) in [6.07, 6.45) is 1.21. The molecule has 3 aromatic rings. The molecule has 2 aromatic carbocycles. The maximum atomic E-state index is 13.2. The fourth-order valence-corrected chi connectivity index (χ4v) is 4.32. The number of rotatable bonds is 4. The predicted octanol–water partition coefficient (Wildman–Crippen LogP) is 2.55. The molecule has 1 saturated heterocycles. The highest BCUT2D eigenvalue weighted by Gasteiger charge is 2.26. The first-order chi connectivity index (χ1) is 14.3. The van der Waals surface area contributed by atoms with Crippen molar-refractivity contribution in [3.63, 3.8) is 0 Å². The molecule has 1 aliphatic rings. The second-order valence-electron chi connectivity index (χ2n) is 7.47. The predicted molar refractivity (Wildman–Crippen MR) is 116 cm³/mol. The van der Waals surface area contributed by atoms with Crippen molar-refractivity contribution in [2.75, 3.05) is 37.3 Å². The van der Waals surface area contributed by atoms with Gasteiger partial charge in [-0.1, -0.05) is 24.3 Å². The van der Waals surface area contributed by atoms with E-state index in [0.29, 0.717) is 36.8 Å². The molecule has 0 atom stereocenters. The number of piperazine rings is 1. The first kappa shape index (κ1) is 20.2. The summed E-state index contributed by atoms with van der Waals surface area (Å²) in [6.45, 7) is 4.26. The monoisotopic (exact) mass is 424 g/mol. The second kappa shape index (κ2) is 7.95. The van der Waals surface area contributed by atoms with Crippen molar-refractivity contribution in [3.8, 4) is 5.69 Å². The van der Waals surface area contributed by atoms with Crippen LogP contribution in [0.15, 0.2) is 65.6 Å². The van der Waals surface area contributed by atoms with Crippen LogP contribution in [0.4, 0.5) is 5.69 Å². The fourth-order valence-electron chi connectivity index (χ4n) is 3.66. The maximum Gasteiger partial charge on any atom is 0.272 e. The van der Waals surface area contributed by atoms with E-state index >= 15 is 0 Å². The second-order valence-corrected chi connectivity index (χ2v) is 9.48. The van der Waals surface area contributed by atoms with Crippen LogP contribution in [-0.2, 0) is 9.84 Å². The summed E-state index contributed by atoms with van der Waals surface area (Å²) in [4.78, 5) is 17.4. The third-order valence-corrected chi connectivity index (χ3v) is 6.34. The molecule has 4 rings (SSSR count). The van der Waals surface area contributed by atoms with E-state index in [1.54, 1.807) is 22.9 Å². The Morgan fingerprint density at radius 2 is 1.57 bits per heavy atom. The molecule has 8 heteroatoms. The van der Waals surface area contributed by atoms with E-state index in [0.717, 1.165) is 17.1 Å². The van der Waals surface area contributed by atoms with Crippen LogP contribution < -0.4 is 4.90 Å². The van der Waals surface area contributed by atoms with Gasteiger partial charge < -0.3 is 9.80 Å². The van der Waals surface area contributed by atoms with E-state index in [1.807, 2.05) is 54.3 Å². The Morgan fingerprint density at radius 3 is 2.23 bits per heavy atom. The number of carbonyl (C=O) groups is 1. The van der Waals surface area contributed by atoms with Gasteiger partial charge in [-0.05, 0) is 43.3 Å². The van der Waals surface area contributed by atoms with Gasteiger partial charge in [-0.3, -0.25) is 4.79 Å². The molecule has 7 nitrogen and oxygen atoms in total. The number of para-hydroxylation sites is 1. The van der Waals surface area contributed by atoms with Gasteiger partial charge in [-0.15, -0.1) is 0 Å². The lowest BCUT2D eigenvalue weighted by atomic mass is 10.2. The highest BCUT2D eigenvalue weighted by Crippen LogP contribution is 2.22. The molecule has 30 heavy (non-hydrogen) atoms. The van der Waals surface area contributed by atoms with Crippen molar-refractivity contribution in [2.45, 2.75) is 11.8 Å². The highest BCUT2D eigenvalue weighted by molar-refractivity contribution is 7.90. The number of anilines is 1. The van der Waals surface area contributed by atoms with Gasteiger partial charge in [0.2, 0.25) is 0 Å². The third-order valence-electron chi connectivity index (χ3n) is 5.23. The summed E-state index contributed by atoms with van der Waals surface area (Å²) in [5.41, 5.74) is 3.05. The lowest BCUT2D eigenvalue weighted by Gasteiger charge is -2.36. The summed E-state index contributed by atoms with van der Waals surface area (Å²) in [5, 5.41) is 4.49. The SMILES string of the molecule is Cc1cc(C(=O)N2CCN(c3cccc(S(C)(=O)=O)c3)CC2)n(-c2ccccc2)n1. The topological polar surface area (TPSA) is 75.5 Å². The molecular weight excluding hydrogens is 400 g/mol. The van der Waals surface area contributed by atoms with Crippen molar-refractivity contribution in [2.24, 2.45) is 0 Å². The van der Waals surface area contributed by atoms with Crippen molar-refractivity contribution in [1.82, 2.24) is 14.7 Å². The molecular formula is C22H24N4O3S. The van der Waals surface area contributed by atoms with Gasteiger partial charge in [0, 0.05) is 38.1 Å². The van der Waals surface area contributed by atoms with Crippen molar-refractivity contribution >= 4 is 21.4 Å². The van der Waals surface area contributed by atoms with E-state index in [4.69, 9.17) is 0 Å². The molecule has 0 unspecified atom stereocenters. The van der Waals surface area contributed by atoms with Crippen LogP contribution in [0.25, 0.3) is 5.69 Å². The molecule has 0 bridgehead atoms. The average Bonchev–Trinajstić information content (AvgIpc) is 3.15. The standard InChI is InChI=1S/C22H24N4O3S/c1-17-15-21(26(23-17)18-7-4-3-5-8-18)22(27)25-13-11-24(12-14-25)19-9-6-10-20(16-19)30(2,28)29/h3-10,15-16H,11-14H2,1-2H3. The van der Waals surface area contributed by atoms with Crippen LogP contribution in [0.1, 0.15) is 16.2 Å². The summed E-state index contributed by atoms with van der Waals surface area (Å²) < 4.78 is 25.4. The minimum atomic E-state index is -3.25. The summed E-state index contributed by atoms with van der Waals surface area (Å²) in [6, 6.07) is 18.4. The Bertz CT molecular complexity index is 1160. The number of sulfone groups is 1. The Kier molecular flexibility index (Phi) is 5.34. The van der Waals surface area contributed by atoms with Gasteiger partial charge in [0.25, 0.3) is 5.91 Å². The first-order valence-corrected chi connectivity index (χ1v) is 11.7.